The van der Waals surface area contributed by atoms with Crippen LogP contribution in [0.4, 0.5) is 0 Å². The van der Waals surface area contributed by atoms with E-state index in [0.717, 1.165) is 10.9 Å². The molecule has 0 bridgehead atoms. The van der Waals surface area contributed by atoms with Gasteiger partial charge in [0.05, 0.1) is 11.7 Å². The molecular formula is C30H29N2O14P2+. The zero-order valence-electron chi connectivity index (χ0n) is 24.7. The highest BCUT2D eigenvalue weighted by Gasteiger charge is 2.61. The summed E-state index contributed by atoms with van der Waals surface area (Å²) in [6, 6.07) is 12.2. The molecule has 1 aliphatic heterocycles. The molecule has 1 aromatic heterocycles. The third kappa shape index (κ3) is 6.88. The van der Waals surface area contributed by atoms with Gasteiger partial charge in [0.2, 0.25) is 6.33 Å². The van der Waals surface area contributed by atoms with E-state index >= 15 is 0 Å². The average Bonchev–Trinajstić information content (AvgIpc) is 3.43. The van der Waals surface area contributed by atoms with Gasteiger partial charge in [-0.15, -0.1) is 0 Å². The van der Waals surface area contributed by atoms with E-state index in [1.165, 1.54) is 71.6 Å². The Morgan fingerprint density at radius 2 is 1.67 bits per heavy atom. The zero-order chi connectivity index (χ0) is 35.2. The highest BCUT2D eigenvalue weighted by molar-refractivity contribution is 7.72. The highest BCUT2D eigenvalue weighted by Crippen LogP contribution is 2.67. The molecule has 0 amide bonds. The van der Waals surface area contributed by atoms with Crippen LogP contribution in [0.15, 0.2) is 82.5 Å². The van der Waals surface area contributed by atoms with Crippen LogP contribution in [-0.2, 0) is 22.2 Å². The van der Waals surface area contributed by atoms with Crippen molar-refractivity contribution in [2.24, 2.45) is 0 Å². The van der Waals surface area contributed by atoms with E-state index in [2.05, 4.69) is 0 Å². The van der Waals surface area contributed by atoms with E-state index in [1.807, 2.05) is 0 Å². The molecule has 1 atom stereocenters. The number of aromatic nitrogens is 2. The number of carboxylic acid groups (broad SMARTS) is 1. The fourth-order valence-electron chi connectivity index (χ4n) is 5.28. The Hall–Kier alpha value is -4.50. The van der Waals surface area contributed by atoms with Gasteiger partial charge in [0.15, 0.2) is 11.2 Å². The van der Waals surface area contributed by atoms with Crippen LogP contribution >= 0.6 is 15.2 Å². The van der Waals surface area contributed by atoms with Crippen LogP contribution < -0.4 is 10.00 Å². The Balaban J connectivity index is 1.38. The summed E-state index contributed by atoms with van der Waals surface area (Å²) in [5.74, 6) is -1.73. The molecule has 8 N–H and O–H groups in total. The number of carbonyl (C=O) groups is 2. The van der Waals surface area contributed by atoms with E-state index in [4.69, 9.17) is 4.42 Å². The Kier molecular flexibility index (Phi) is 9.32. The minimum absolute atomic E-state index is 0.0798. The number of phenols is 1. The van der Waals surface area contributed by atoms with E-state index in [9.17, 15) is 63.5 Å². The van der Waals surface area contributed by atoms with Crippen LogP contribution in [-0.4, -0.2) is 67.5 Å². The number of aliphatic hydroxyl groups excluding tert-OH is 1. The molecule has 16 nitrogen and oxygen atoms in total. The van der Waals surface area contributed by atoms with Crippen molar-refractivity contribution in [2.45, 2.75) is 37.1 Å². The first-order chi connectivity index (χ1) is 22.4. The maximum absolute atomic E-state index is 13.3. The summed E-state index contributed by atoms with van der Waals surface area (Å²) < 4.78 is 31.4. The van der Waals surface area contributed by atoms with Gasteiger partial charge >= 0.3 is 26.2 Å². The highest BCUT2D eigenvalue weighted by atomic mass is 31.2. The largest absolute Gasteiger partial charge is 0.508 e. The summed E-state index contributed by atoms with van der Waals surface area (Å²) >= 11 is 0. The number of fused-ring (bicyclic) bond motifs is 2. The summed E-state index contributed by atoms with van der Waals surface area (Å²) in [6.07, 6.45) is 2.22. The molecule has 0 saturated carbocycles. The summed E-state index contributed by atoms with van der Waals surface area (Å²) in [5, 5.41) is 37.5. The molecule has 2 aliphatic rings. The molecule has 18 heteroatoms. The average molecular weight is 704 g/mol. The number of hydrogen-bond donors (Lipinski definition) is 8. The van der Waals surface area contributed by atoms with Crippen LogP contribution in [0.1, 0.15) is 33.6 Å². The Morgan fingerprint density at radius 1 is 0.958 bits per heavy atom. The van der Waals surface area contributed by atoms with Crippen molar-refractivity contribution in [1.29, 1.82) is 0 Å². The minimum atomic E-state index is -5.69. The first-order valence-electron chi connectivity index (χ1n) is 14.0. The standard InChI is InChI=1S/C30H28N2O14P2/c33-18-2-6-22-26(12-18)46-27-13-19(34)3-7-23(27)28(22)24-11-17(1-5-21(24)29(37)38)25(36)8-4-20(35)14-31-9-10-32(16-31)15-30(39,47(40,41)42)48(43,44)45/h1-3,5-7,9-13,16,20,35,39H,4,8,14-15H2,(H5-,33,34,37,38,40,41,42,43,44,45)/p+1. The van der Waals surface area contributed by atoms with Gasteiger partial charge in [-0.1, -0.05) is 6.07 Å². The van der Waals surface area contributed by atoms with Gasteiger partial charge in [0.25, 0.3) is 0 Å². The normalized spacial score (nSPS) is 13.2. The number of imidazole rings is 1. The number of rotatable bonds is 12. The van der Waals surface area contributed by atoms with Crippen molar-refractivity contribution in [1.82, 2.24) is 4.57 Å². The van der Waals surface area contributed by atoms with Gasteiger partial charge in [-0.25, -0.2) is 13.9 Å². The lowest BCUT2D eigenvalue weighted by atomic mass is 9.88. The fourth-order valence-corrected chi connectivity index (χ4v) is 7.33. The van der Waals surface area contributed by atoms with E-state index in [1.54, 1.807) is 0 Å². The number of hydrogen-bond acceptors (Lipinski definition) is 9. The first kappa shape index (κ1) is 34.8. The Labute approximate surface area is 270 Å². The Bertz CT molecular complexity index is 2160. The second-order valence-electron chi connectivity index (χ2n) is 11.1. The van der Waals surface area contributed by atoms with Crippen molar-refractivity contribution >= 4 is 37.9 Å². The summed E-state index contributed by atoms with van der Waals surface area (Å²) in [5.41, 5.74) is 0.658. The lowest BCUT2D eigenvalue weighted by Crippen LogP contribution is -2.46. The SMILES string of the molecule is O=C(CCC(O)Cn1cc[n+](CC(O)(P(=O)(O)O)P(=O)(O)O)c1)c1ccc(C(=O)O)c(-c2c3ccc(=O)cc-3oc3cc(O)ccc23)c1. The fraction of sp³-hybridized carbons (Fsp3) is 0.200. The summed E-state index contributed by atoms with van der Waals surface area (Å²) in [4.78, 5) is 75.1. The van der Waals surface area contributed by atoms with Crippen molar-refractivity contribution in [2.75, 3.05) is 0 Å². The second kappa shape index (κ2) is 12.8. The summed E-state index contributed by atoms with van der Waals surface area (Å²) in [7, 11) is -11.4. The van der Waals surface area contributed by atoms with E-state index in [-0.39, 0.29) is 58.6 Å². The molecule has 5 rings (SSSR count). The molecule has 252 valence electrons. The molecule has 0 radical (unpaired) electrons. The number of nitrogens with zero attached hydrogens (tertiary/aromatic N) is 2. The topological polar surface area (TPSA) is 269 Å². The zero-order valence-corrected chi connectivity index (χ0v) is 26.4. The first-order valence-corrected chi connectivity index (χ1v) is 17.3. The number of carboxylic acids is 1. The maximum atomic E-state index is 13.3. The lowest BCUT2D eigenvalue weighted by molar-refractivity contribution is -0.703. The molecule has 0 spiro atoms. The van der Waals surface area contributed by atoms with Crippen molar-refractivity contribution in [3.63, 3.8) is 0 Å². The number of aromatic hydroxyl groups is 1. The van der Waals surface area contributed by atoms with Gasteiger partial charge in [-0.05, 0) is 48.4 Å². The third-order valence-corrected chi connectivity index (χ3v) is 11.4. The lowest BCUT2D eigenvalue weighted by Gasteiger charge is -2.27. The number of phenolic OH excluding ortho intramolecular Hbond substituents is 1. The number of carbonyl (C=O) groups excluding carboxylic acids is 1. The minimum Gasteiger partial charge on any atom is -0.508 e. The predicted octanol–water partition coefficient (Wildman–Crippen LogP) is 2.08. The van der Waals surface area contributed by atoms with Gasteiger partial charge in [-0.2, -0.15) is 0 Å². The van der Waals surface area contributed by atoms with Crippen LogP contribution in [0.2, 0.25) is 0 Å². The maximum Gasteiger partial charge on any atom is 0.373 e. The molecule has 48 heavy (non-hydrogen) atoms. The number of Topliss-reactive ketones (excluding diaryl/α,β-unsaturated/α-hetero) is 1. The predicted molar refractivity (Wildman–Crippen MR) is 166 cm³/mol. The monoisotopic (exact) mass is 703 g/mol. The quantitative estimate of drug-likeness (QED) is 0.0400. The number of benzene rings is 3. The number of aliphatic hydroxyl groups is 2. The van der Waals surface area contributed by atoms with Crippen LogP contribution in [0.3, 0.4) is 0 Å². The molecular weight excluding hydrogens is 674 g/mol. The molecule has 0 fully saturated rings. The van der Waals surface area contributed by atoms with Gasteiger partial charge in [0, 0.05) is 40.6 Å². The molecule has 1 aliphatic carbocycles. The van der Waals surface area contributed by atoms with Gasteiger partial charge in [-0.3, -0.25) is 18.7 Å². The summed E-state index contributed by atoms with van der Waals surface area (Å²) in [6.45, 7) is -1.30. The van der Waals surface area contributed by atoms with Gasteiger partial charge < -0.3 is 44.4 Å². The number of ketones is 1. The Morgan fingerprint density at radius 3 is 2.33 bits per heavy atom. The molecule has 1 unspecified atom stereocenters. The smallest absolute Gasteiger partial charge is 0.373 e. The molecule has 2 heterocycles. The number of aromatic carboxylic acids is 1. The van der Waals surface area contributed by atoms with E-state index < -0.39 is 44.7 Å². The van der Waals surface area contributed by atoms with Crippen molar-refractivity contribution in [3.8, 4) is 28.2 Å². The van der Waals surface area contributed by atoms with E-state index in [0.29, 0.717) is 16.5 Å². The molecule has 2 aromatic carbocycles. The van der Waals surface area contributed by atoms with Crippen LogP contribution in [0.5, 0.6) is 5.75 Å². The van der Waals surface area contributed by atoms with Crippen molar-refractivity contribution in [3.05, 3.63) is 94.7 Å². The third-order valence-electron chi connectivity index (χ3n) is 7.72. The van der Waals surface area contributed by atoms with Crippen LogP contribution in [0.25, 0.3) is 33.4 Å². The molecule has 3 aromatic rings. The molecule has 0 saturated heterocycles. The van der Waals surface area contributed by atoms with Crippen LogP contribution in [0, 0.1) is 0 Å². The van der Waals surface area contributed by atoms with Gasteiger partial charge in [0.1, 0.15) is 42.6 Å². The van der Waals surface area contributed by atoms with Crippen molar-refractivity contribution < 1.29 is 67.7 Å². The second-order valence-corrected chi connectivity index (χ2v) is 15.2.